The van der Waals surface area contributed by atoms with Crippen molar-refractivity contribution in [3.05, 3.63) is 21.9 Å². The van der Waals surface area contributed by atoms with Crippen LogP contribution in [0.2, 0.25) is 0 Å². The number of amides is 1. The quantitative estimate of drug-likeness (QED) is 0.889. The van der Waals surface area contributed by atoms with E-state index in [2.05, 4.69) is 28.6 Å². The number of carbonyl (C=O) groups is 1. The molecule has 3 rings (SSSR count). The maximum atomic E-state index is 11.8. The molecule has 0 aromatic carbocycles. The number of nitrogens with one attached hydrogen (secondary N) is 1. The van der Waals surface area contributed by atoms with Crippen molar-refractivity contribution in [1.82, 2.24) is 10.2 Å². The third-order valence-corrected chi connectivity index (χ3v) is 4.69. The van der Waals surface area contributed by atoms with E-state index >= 15 is 0 Å². The Morgan fingerprint density at radius 2 is 2.41 bits per heavy atom. The lowest BCUT2D eigenvalue weighted by Gasteiger charge is -2.32. The van der Waals surface area contributed by atoms with E-state index in [4.69, 9.17) is 0 Å². The highest BCUT2D eigenvalue weighted by Crippen LogP contribution is 2.32. The monoisotopic (exact) mass is 250 g/mol. The Kier molecular flexibility index (Phi) is 2.92. The molecule has 1 fully saturated rings. The van der Waals surface area contributed by atoms with Gasteiger partial charge in [0.05, 0.1) is 6.54 Å². The van der Waals surface area contributed by atoms with Crippen molar-refractivity contribution >= 4 is 17.2 Å². The molecule has 1 aromatic rings. The Balaban J connectivity index is 1.62. The highest BCUT2D eigenvalue weighted by Gasteiger charge is 2.28. The van der Waals surface area contributed by atoms with Crippen LogP contribution in [0.3, 0.4) is 0 Å². The SMILES string of the molecule is CC1c2ccsc2CCN1CC(=O)NC1CC1. The third kappa shape index (κ3) is 2.38. The largest absolute Gasteiger partial charge is 0.352 e. The van der Waals surface area contributed by atoms with Gasteiger partial charge < -0.3 is 5.32 Å². The van der Waals surface area contributed by atoms with E-state index in [0.717, 1.165) is 25.8 Å². The van der Waals surface area contributed by atoms with Crippen molar-refractivity contribution in [1.29, 1.82) is 0 Å². The van der Waals surface area contributed by atoms with Gasteiger partial charge in [-0.2, -0.15) is 0 Å². The molecule has 1 N–H and O–H groups in total. The molecule has 1 amide bonds. The van der Waals surface area contributed by atoms with Crippen molar-refractivity contribution in [3.8, 4) is 0 Å². The molecule has 17 heavy (non-hydrogen) atoms. The molecule has 1 aliphatic carbocycles. The van der Waals surface area contributed by atoms with Gasteiger partial charge in [0.1, 0.15) is 0 Å². The van der Waals surface area contributed by atoms with E-state index in [1.807, 2.05) is 11.3 Å². The molecule has 1 unspecified atom stereocenters. The molecular formula is C13H18N2OS. The Morgan fingerprint density at radius 3 is 3.18 bits per heavy atom. The summed E-state index contributed by atoms with van der Waals surface area (Å²) >= 11 is 1.84. The smallest absolute Gasteiger partial charge is 0.234 e. The van der Waals surface area contributed by atoms with Gasteiger partial charge >= 0.3 is 0 Å². The van der Waals surface area contributed by atoms with Crippen LogP contribution in [0.25, 0.3) is 0 Å². The molecule has 1 aromatic heterocycles. The van der Waals surface area contributed by atoms with E-state index in [0.29, 0.717) is 18.6 Å². The fourth-order valence-electron chi connectivity index (χ4n) is 2.46. The van der Waals surface area contributed by atoms with Gasteiger partial charge in [-0.15, -0.1) is 11.3 Å². The molecule has 92 valence electrons. The number of fused-ring (bicyclic) bond motifs is 1. The second kappa shape index (κ2) is 4.42. The van der Waals surface area contributed by atoms with Gasteiger partial charge in [0.25, 0.3) is 0 Å². The van der Waals surface area contributed by atoms with Crippen LogP contribution in [0.1, 0.15) is 36.2 Å². The van der Waals surface area contributed by atoms with Crippen LogP contribution in [0.5, 0.6) is 0 Å². The topological polar surface area (TPSA) is 32.3 Å². The van der Waals surface area contributed by atoms with Crippen LogP contribution in [-0.4, -0.2) is 29.9 Å². The summed E-state index contributed by atoms with van der Waals surface area (Å²) in [5.74, 6) is 0.193. The zero-order chi connectivity index (χ0) is 11.8. The normalized spacial score (nSPS) is 24.4. The van der Waals surface area contributed by atoms with E-state index in [9.17, 15) is 4.79 Å². The van der Waals surface area contributed by atoms with Crippen LogP contribution >= 0.6 is 11.3 Å². The van der Waals surface area contributed by atoms with Crippen LogP contribution in [-0.2, 0) is 11.2 Å². The fourth-order valence-corrected chi connectivity index (χ4v) is 3.43. The summed E-state index contributed by atoms with van der Waals surface area (Å²) in [4.78, 5) is 15.6. The number of rotatable bonds is 3. The summed E-state index contributed by atoms with van der Waals surface area (Å²) in [6.45, 7) is 3.76. The molecule has 0 spiro atoms. The van der Waals surface area contributed by atoms with Crippen molar-refractivity contribution in [2.45, 2.75) is 38.3 Å². The number of nitrogens with zero attached hydrogens (tertiary/aromatic N) is 1. The first-order chi connectivity index (χ1) is 8.24. The minimum atomic E-state index is 0.193. The molecule has 2 aliphatic rings. The van der Waals surface area contributed by atoms with Crippen LogP contribution < -0.4 is 5.32 Å². The highest BCUT2D eigenvalue weighted by atomic mass is 32.1. The molecule has 1 saturated carbocycles. The van der Waals surface area contributed by atoms with Crippen molar-refractivity contribution < 1.29 is 4.79 Å². The second-order valence-electron chi connectivity index (χ2n) is 5.04. The summed E-state index contributed by atoms with van der Waals surface area (Å²) < 4.78 is 0. The van der Waals surface area contributed by atoms with Gasteiger partial charge in [-0.05, 0) is 43.2 Å². The standard InChI is InChI=1S/C13H18N2OS/c1-9-11-5-7-17-12(11)4-6-15(9)8-13(16)14-10-2-3-10/h5,7,9-10H,2-4,6,8H2,1H3,(H,14,16). The van der Waals surface area contributed by atoms with E-state index in [1.54, 1.807) is 0 Å². The Bertz CT molecular complexity index is 425. The average Bonchev–Trinajstić information content (AvgIpc) is 2.97. The summed E-state index contributed by atoms with van der Waals surface area (Å²) in [5.41, 5.74) is 1.42. The second-order valence-corrected chi connectivity index (χ2v) is 6.04. The van der Waals surface area contributed by atoms with E-state index in [-0.39, 0.29) is 5.91 Å². The number of hydrogen-bond donors (Lipinski definition) is 1. The summed E-state index contributed by atoms with van der Waals surface area (Å²) in [6, 6.07) is 3.06. The first-order valence-electron chi connectivity index (χ1n) is 6.33. The minimum absolute atomic E-state index is 0.193. The van der Waals surface area contributed by atoms with Gasteiger partial charge in [0, 0.05) is 23.5 Å². The first kappa shape index (κ1) is 11.2. The fraction of sp³-hybridized carbons (Fsp3) is 0.615. The highest BCUT2D eigenvalue weighted by molar-refractivity contribution is 7.10. The van der Waals surface area contributed by atoms with Gasteiger partial charge in [-0.3, -0.25) is 9.69 Å². The zero-order valence-corrected chi connectivity index (χ0v) is 10.9. The predicted octanol–water partition coefficient (Wildman–Crippen LogP) is 1.95. The Labute approximate surface area is 106 Å². The molecule has 0 saturated heterocycles. The van der Waals surface area contributed by atoms with Crippen LogP contribution in [0.4, 0.5) is 0 Å². The van der Waals surface area contributed by atoms with E-state index in [1.165, 1.54) is 10.4 Å². The molecular weight excluding hydrogens is 232 g/mol. The third-order valence-electron chi connectivity index (χ3n) is 3.69. The molecule has 1 aliphatic heterocycles. The van der Waals surface area contributed by atoms with Gasteiger partial charge in [-0.25, -0.2) is 0 Å². The lowest BCUT2D eigenvalue weighted by atomic mass is 10.0. The summed E-state index contributed by atoms with van der Waals surface area (Å²) in [7, 11) is 0. The molecule has 0 radical (unpaired) electrons. The lowest BCUT2D eigenvalue weighted by Crippen LogP contribution is -2.42. The number of hydrogen-bond acceptors (Lipinski definition) is 3. The lowest BCUT2D eigenvalue weighted by molar-refractivity contribution is -0.123. The van der Waals surface area contributed by atoms with Crippen LogP contribution in [0.15, 0.2) is 11.4 Å². The molecule has 3 nitrogen and oxygen atoms in total. The molecule has 0 bridgehead atoms. The van der Waals surface area contributed by atoms with Crippen molar-refractivity contribution in [2.24, 2.45) is 0 Å². The van der Waals surface area contributed by atoms with Gasteiger partial charge in [0.15, 0.2) is 0 Å². The molecule has 1 atom stereocenters. The Morgan fingerprint density at radius 1 is 1.59 bits per heavy atom. The maximum absolute atomic E-state index is 11.8. The summed E-state index contributed by atoms with van der Waals surface area (Å²) in [5, 5.41) is 5.22. The maximum Gasteiger partial charge on any atom is 0.234 e. The molecule has 2 heterocycles. The van der Waals surface area contributed by atoms with Gasteiger partial charge in [-0.1, -0.05) is 0 Å². The first-order valence-corrected chi connectivity index (χ1v) is 7.21. The number of carbonyl (C=O) groups excluding carboxylic acids is 1. The van der Waals surface area contributed by atoms with Crippen molar-refractivity contribution in [2.75, 3.05) is 13.1 Å². The van der Waals surface area contributed by atoms with Crippen molar-refractivity contribution in [3.63, 3.8) is 0 Å². The van der Waals surface area contributed by atoms with Crippen LogP contribution in [0, 0.1) is 0 Å². The van der Waals surface area contributed by atoms with E-state index < -0.39 is 0 Å². The minimum Gasteiger partial charge on any atom is -0.352 e. The number of thiophene rings is 1. The van der Waals surface area contributed by atoms with Gasteiger partial charge in [0.2, 0.25) is 5.91 Å². The zero-order valence-electron chi connectivity index (χ0n) is 10.1. The Hall–Kier alpha value is -0.870. The summed E-state index contributed by atoms with van der Waals surface area (Å²) in [6.07, 6.45) is 3.42. The average molecular weight is 250 g/mol. The molecule has 4 heteroatoms. The predicted molar refractivity (Wildman–Crippen MR) is 69.2 cm³/mol.